The van der Waals surface area contributed by atoms with E-state index in [1.807, 2.05) is 6.20 Å². The molecule has 0 N–H and O–H groups in total. The van der Waals surface area contributed by atoms with E-state index in [-0.39, 0.29) is 0 Å². The number of fused-ring (bicyclic) bond motifs is 1. The Kier molecular flexibility index (Phi) is 3.56. The average Bonchev–Trinajstić information content (AvgIpc) is 2.26. The molecule has 1 aromatic heterocycles. The minimum Gasteiger partial charge on any atom is -0.309 e. The first kappa shape index (κ1) is 11.6. The molecule has 3 heteroatoms. The maximum absolute atomic E-state index is 4.22. The predicted molar refractivity (Wildman–Crippen MR) is 71.7 cm³/mol. The second-order valence-corrected chi connectivity index (χ2v) is 4.96. The number of likely N-dealkylation sites (N-methyl/N-ethyl adjacent to an activating group) is 1. The van der Waals surface area contributed by atoms with Crippen LogP contribution in [-0.2, 0) is 6.42 Å². The fourth-order valence-electron chi connectivity index (χ4n) is 1.70. The van der Waals surface area contributed by atoms with Gasteiger partial charge in [-0.3, -0.25) is 0 Å². The van der Waals surface area contributed by atoms with Gasteiger partial charge in [0, 0.05) is 18.1 Å². The van der Waals surface area contributed by atoms with Gasteiger partial charge in [-0.1, -0.05) is 18.2 Å². The SMILES string of the molecule is CN(C)CCc1ccc2c(Br)nccc2c1. The molecule has 2 rings (SSSR count). The second kappa shape index (κ2) is 4.93. The Morgan fingerprint density at radius 2 is 2.06 bits per heavy atom. The van der Waals surface area contributed by atoms with Crippen LogP contribution in [-0.4, -0.2) is 30.5 Å². The lowest BCUT2D eigenvalue weighted by Gasteiger charge is -2.09. The van der Waals surface area contributed by atoms with Crippen molar-refractivity contribution in [3.63, 3.8) is 0 Å². The van der Waals surface area contributed by atoms with Crippen LogP contribution in [0.5, 0.6) is 0 Å². The molecule has 2 nitrogen and oxygen atoms in total. The Morgan fingerprint density at radius 3 is 2.81 bits per heavy atom. The van der Waals surface area contributed by atoms with Gasteiger partial charge in [-0.25, -0.2) is 4.98 Å². The van der Waals surface area contributed by atoms with Gasteiger partial charge < -0.3 is 4.90 Å². The summed E-state index contributed by atoms with van der Waals surface area (Å²) in [6.07, 6.45) is 2.92. The van der Waals surface area contributed by atoms with Gasteiger partial charge in [0.1, 0.15) is 4.60 Å². The molecule has 0 bridgehead atoms. The lowest BCUT2D eigenvalue weighted by molar-refractivity contribution is 0.414. The molecular formula is C13H15BrN2. The number of nitrogens with zero attached hydrogens (tertiary/aromatic N) is 2. The Labute approximate surface area is 104 Å². The van der Waals surface area contributed by atoms with Crippen LogP contribution in [0.3, 0.4) is 0 Å². The van der Waals surface area contributed by atoms with Crippen molar-refractivity contribution in [1.29, 1.82) is 0 Å². The molecule has 0 saturated heterocycles. The molecule has 0 aliphatic heterocycles. The Bertz CT molecular complexity index is 494. The topological polar surface area (TPSA) is 16.1 Å². The number of hydrogen-bond donors (Lipinski definition) is 0. The minimum absolute atomic E-state index is 0.921. The number of aromatic nitrogens is 1. The number of halogens is 1. The third-order valence-electron chi connectivity index (χ3n) is 2.63. The van der Waals surface area contributed by atoms with Gasteiger partial charge in [0.2, 0.25) is 0 Å². The maximum Gasteiger partial charge on any atom is 0.113 e. The van der Waals surface area contributed by atoms with Crippen LogP contribution < -0.4 is 0 Å². The van der Waals surface area contributed by atoms with Gasteiger partial charge in [0.25, 0.3) is 0 Å². The van der Waals surface area contributed by atoms with Crippen LogP contribution in [0.25, 0.3) is 10.8 Å². The zero-order valence-corrected chi connectivity index (χ0v) is 11.2. The summed E-state index contributed by atoms with van der Waals surface area (Å²) < 4.78 is 0.921. The first-order valence-electron chi connectivity index (χ1n) is 5.35. The van der Waals surface area contributed by atoms with Crippen molar-refractivity contribution < 1.29 is 0 Å². The van der Waals surface area contributed by atoms with Crippen LogP contribution >= 0.6 is 15.9 Å². The standard InChI is InChI=1S/C13H15BrN2/c1-16(2)8-6-10-3-4-12-11(9-10)5-7-15-13(12)14/h3-5,7,9H,6,8H2,1-2H3. The van der Waals surface area contributed by atoms with Crippen LogP contribution in [0.1, 0.15) is 5.56 Å². The smallest absolute Gasteiger partial charge is 0.113 e. The highest BCUT2D eigenvalue weighted by Crippen LogP contribution is 2.22. The number of benzene rings is 1. The normalized spacial score (nSPS) is 11.2. The summed E-state index contributed by atoms with van der Waals surface area (Å²) in [7, 11) is 4.20. The summed E-state index contributed by atoms with van der Waals surface area (Å²) in [5.41, 5.74) is 1.37. The molecule has 1 aromatic carbocycles. The van der Waals surface area contributed by atoms with Gasteiger partial charge in [0.05, 0.1) is 0 Å². The van der Waals surface area contributed by atoms with Gasteiger partial charge in [-0.05, 0) is 53.5 Å². The predicted octanol–water partition coefficient (Wildman–Crippen LogP) is 3.10. The van der Waals surface area contributed by atoms with Crippen molar-refractivity contribution in [2.75, 3.05) is 20.6 Å². The van der Waals surface area contributed by atoms with Crippen molar-refractivity contribution in [1.82, 2.24) is 9.88 Å². The monoisotopic (exact) mass is 278 g/mol. The molecule has 0 aliphatic carbocycles. The molecule has 84 valence electrons. The molecule has 16 heavy (non-hydrogen) atoms. The minimum atomic E-state index is 0.921. The van der Waals surface area contributed by atoms with E-state index in [0.717, 1.165) is 17.6 Å². The number of rotatable bonds is 3. The maximum atomic E-state index is 4.22. The van der Waals surface area contributed by atoms with Crippen LogP contribution in [0.4, 0.5) is 0 Å². The van der Waals surface area contributed by atoms with Crippen LogP contribution in [0, 0.1) is 0 Å². The third-order valence-corrected chi connectivity index (χ3v) is 3.26. The molecule has 0 amide bonds. The summed E-state index contributed by atoms with van der Waals surface area (Å²) in [6.45, 7) is 1.08. The van der Waals surface area contributed by atoms with Crippen molar-refractivity contribution in [2.24, 2.45) is 0 Å². The third kappa shape index (κ3) is 2.60. The van der Waals surface area contributed by atoms with Crippen molar-refractivity contribution in [3.05, 3.63) is 40.6 Å². The van der Waals surface area contributed by atoms with E-state index in [0.29, 0.717) is 0 Å². The highest BCUT2D eigenvalue weighted by atomic mass is 79.9. The molecule has 0 saturated carbocycles. The van der Waals surface area contributed by atoms with Gasteiger partial charge >= 0.3 is 0 Å². The van der Waals surface area contributed by atoms with Crippen molar-refractivity contribution in [3.8, 4) is 0 Å². The van der Waals surface area contributed by atoms with Crippen LogP contribution in [0.2, 0.25) is 0 Å². The van der Waals surface area contributed by atoms with E-state index in [1.54, 1.807) is 0 Å². The zero-order chi connectivity index (χ0) is 11.5. The molecule has 0 spiro atoms. The molecule has 0 unspecified atom stereocenters. The Hall–Kier alpha value is -0.930. The number of pyridine rings is 1. The average molecular weight is 279 g/mol. The molecule has 0 radical (unpaired) electrons. The molecule has 1 heterocycles. The highest BCUT2D eigenvalue weighted by molar-refractivity contribution is 9.10. The Morgan fingerprint density at radius 1 is 1.25 bits per heavy atom. The first-order valence-corrected chi connectivity index (χ1v) is 6.14. The summed E-state index contributed by atoms with van der Waals surface area (Å²) in [5.74, 6) is 0. The first-order chi connectivity index (χ1) is 7.66. The molecule has 0 fully saturated rings. The van der Waals surface area contributed by atoms with E-state index in [2.05, 4.69) is 64.2 Å². The van der Waals surface area contributed by atoms with E-state index < -0.39 is 0 Å². The van der Waals surface area contributed by atoms with Crippen LogP contribution in [0.15, 0.2) is 35.1 Å². The van der Waals surface area contributed by atoms with E-state index in [9.17, 15) is 0 Å². The fourth-order valence-corrected chi connectivity index (χ4v) is 2.18. The highest BCUT2D eigenvalue weighted by Gasteiger charge is 2.01. The lowest BCUT2D eigenvalue weighted by Crippen LogP contribution is -2.14. The molecular weight excluding hydrogens is 264 g/mol. The van der Waals surface area contributed by atoms with Gasteiger partial charge in [-0.2, -0.15) is 0 Å². The van der Waals surface area contributed by atoms with Gasteiger partial charge in [0.15, 0.2) is 0 Å². The van der Waals surface area contributed by atoms with E-state index in [1.165, 1.54) is 16.3 Å². The van der Waals surface area contributed by atoms with Crippen molar-refractivity contribution >= 4 is 26.7 Å². The molecule has 2 aromatic rings. The largest absolute Gasteiger partial charge is 0.309 e. The van der Waals surface area contributed by atoms with Gasteiger partial charge in [-0.15, -0.1) is 0 Å². The summed E-state index contributed by atoms with van der Waals surface area (Å²) in [4.78, 5) is 6.42. The van der Waals surface area contributed by atoms with E-state index >= 15 is 0 Å². The lowest BCUT2D eigenvalue weighted by atomic mass is 10.1. The number of hydrogen-bond acceptors (Lipinski definition) is 2. The molecule has 0 aliphatic rings. The summed E-state index contributed by atoms with van der Waals surface area (Å²) in [6, 6.07) is 8.61. The second-order valence-electron chi connectivity index (χ2n) is 4.21. The fraction of sp³-hybridized carbons (Fsp3) is 0.308. The quantitative estimate of drug-likeness (QED) is 0.803. The Balaban J connectivity index is 2.30. The van der Waals surface area contributed by atoms with E-state index in [4.69, 9.17) is 0 Å². The molecule has 0 atom stereocenters. The zero-order valence-electron chi connectivity index (χ0n) is 9.57. The summed E-state index contributed by atoms with van der Waals surface area (Å²) >= 11 is 3.46. The summed E-state index contributed by atoms with van der Waals surface area (Å²) in [5, 5.41) is 2.43. The van der Waals surface area contributed by atoms with Crippen molar-refractivity contribution in [2.45, 2.75) is 6.42 Å².